The number of carbonyl (C=O) groups is 1. The standard InChI is InChI=1S/C18H20ClIN2O2/c1-12(18(23)22-9-4-2-3-5-10-22)24-17-15(20)11-14(19)13-7-6-8-21-16(13)17/h6-8,11-12H,2-5,9-10H2,1H3. The number of amides is 1. The molecule has 2 aromatic rings. The van der Waals surface area contributed by atoms with Crippen LogP contribution in [0.15, 0.2) is 24.4 Å². The van der Waals surface area contributed by atoms with Crippen LogP contribution in [0.5, 0.6) is 5.75 Å². The van der Waals surface area contributed by atoms with Crippen LogP contribution in [0.25, 0.3) is 10.9 Å². The van der Waals surface area contributed by atoms with E-state index in [4.69, 9.17) is 16.3 Å². The molecule has 1 aliphatic rings. The second kappa shape index (κ2) is 7.87. The summed E-state index contributed by atoms with van der Waals surface area (Å²) in [5, 5.41) is 1.48. The minimum atomic E-state index is -0.539. The number of hydrogen-bond acceptors (Lipinski definition) is 3. The minimum absolute atomic E-state index is 0.0479. The van der Waals surface area contributed by atoms with Gasteiger partial charge < -0.3 is 9.64 Å². The van der Waals surface area contributed by atoms with E-state index >= 15 is 0 Å². The zero-order valence-corrected chi connectivity index (χ0v) is 16.5. The Morgan fingerprint density at radius 1 is 1.33 bits per heavy atom. The van der Waals surface area contributed by atoms with Crippen LogP contribution in [-0.4, -0.2) is 35.0 Å². The van der Waals surface area contributed by atoms with Crippen molar-refractivity contribution < 1.29 is 9.53 Å². The summed E-state index contributed by atoms with van der Waals surface area (Å²) in [6.45, 7) is 3.46. The fraction of sp³-hybridized carbons (Fsp3) is 0.444. The first-order chi connectivity index (χ1) is 11.6. The molecule has 6 heteroatoms. The number of halogens is 2. The van der Waals surface area contributed by atoms with E-state index in [1.165, 1.54) is 12.8 Å². The Morgan fingerprint density at radius 2 is 2.04 bits per heavy atom. The van der Waals surface area contributed by atoms with Crippen molar-refractivity contribution in [2.24, 2.45) is 0 Å². The van der Waals surface area contributed by atoms with Gasteiger partial charge in [0, 0.05) is 24.7 Å². The van der Waals surface area contributed by atoms with Gasteiger partial charge in [-0.2, -0.15) is 0 Å². The monoisotopic (exact) mass is 458 g/mol. The summed E-state index contributed by atoms with van der Waals surface area (Å²) < 4.78 is 6.91. The maximum atomic E-state index is 12.7. The van der Waals surface area contributed by atoms with E-state index < -0.39 is 6.10 Å². The van der Waals surface area contributed by atoms with Crippen LogP contribution >= 0.6 is 34.2 Å². The Balaban J connectivity index is 1.85. The molecule has 0 radical (unpaired) electrons. The highest BCUT2D eigenvalue weighted by Crippen LogP contribution is 2.35. The first-order valence-electron chi connectivity index (χ1n) is 8.26. The quantitative estimate of drug-likeness (QED) is 0.628. The number of nitrogens with zero attached hydrogens (tertiary/aromatic N) is 2. The maximum Gasteiger partial charge on any atom is 0.263 e. The zero-order chi connectivity index (χ0) is 17.1. The Bertz CT molecular complexity index is 745. The average Bonchev–Trinajstić information content (AvgIpc) is 2.87. The number of ether oxygens (including phenoxy) is 1. The van der Waals surface area contributed by atoms with Gasteiger partial charge in [-0.3, -0.25) is 9.78 Å². The molecule has 0 aliphatic carbocycles. The molecule has 1 amide bonds. The lowest BCUT2D eigenvalue weighted by atomic mass is 10.2. The largest absolute Gasteiger partial charge is 0.477 e. The first kappa shape index (κ1) is 17.7. The molecule has 0 bridgehead atoms. The summed E-state index contributed by atoms with van der Waals surface area (Å²) in [5.41, 5.74) is 0.699. The van der Waals surface area contributed by atoms with Crippen molar-refractivity contribution in [2.45, 2.75) is 38.7 Å². The summed E-state index contributed by atoms with van der Waals surface area (Å²) in [4.78, 5) is 19.1. The zero-order valence-electron chi connectivity index (χ0n) is 13.6. The molecule has 24 heavy (non-hydrogen) atoms. The molecule has 1 unspecified atom stereocenters. The van der Waals surface area contributed by atoms with Gasteiger partial charge in [-0.05, 0) is 60.6 Å². The number of likely N-dealkylation sites (tertiary alicyclic amines) is 1. The van der Waals surface area contributed by atoms with Crippen molar-refractivity contribution in [2.75, 3.05) is 13.1 Å². The molecule has 1 fully saturated rings. The third-order valence-electron chi connectivity index (χ3n) is 4.31. The Labute approximate surface area is 160 Å². The third-order valence-corrected chi connectivity index (χ3v) is 5.42. The fourth-order valence-corrected chi connectivity index (χ4v) is 4.17. The van der Waals surface area contributed by atoms with Crippen molar-refractivity contribution in [3.05, 3.63) is 33.0 Å². The molecule has 128 valence electrons. The summed E-state index contributed by atoms with van der Waals surface area (Å²) >= 11 is 8.47. The number of hydrogen-bond donors (Lipinski definition) is 0. The van der Waals surface area contributed by atoms with Crippen LogP contribution in [0, 0.1) is 3.57 Å². The van der Waals surface area contributed by atoms with E-state index in [9.17, 15) is 4.79 Å². The Kier molecular flexibility index (Phi) is 5.81. The van der Waals surface area contributed by atoms with Gasteiger partial charge in [-0.1, -0.05) is 24.4 Å². The number of aromatic nitrogens is 1. The first-order valence-corrected chi connectivity index (χ1v) is 9.72. The molecule has 1 aromatic carbocycles. The highest BCUT2D eigenvalue weighted by atomic mass is 127. The molecule has 1 aliphatic heterocycles. The molecular formula is C18H20ClIN2O2. The van der Waals surface area contributed by atoms with Gasteiger partial charge in [0.2, 0.25) is 0 Å². The minimum Gasteiger partial charge on any atom is -0.477 e. The number of benzene rings is 1. The summed E-state index contributed by atoms with van der Waals surface area (Å²) in [6, 6.07) is 5.61. The van der Waals surface area contributed by atoms with Crippen LogP contribution in [0.3, 0.4) is 0 Å². The third kappa shape index (κ3) is 3.77. The van der Waals surface area contributed by atoms with Gasteiger partial charge in [-0.25, -0.2) is 0 Å². The lowest BCUT2D eigenvalue weighted by Crippen LogP contribution is -2.41. The highest BCUT2D eigenvalue weighted by Gasteiger charge is 2.24. The van der Waals surface area contributed by atoms with Crippen molar-refractivity contribution in [1.82, 2.24) is 9.88 Å². The van der Waals surface area contributed by atoms with E-state index in [1.54, 1.807) is 6.20 Å². The Morgan fingerprint density at radius 3 is 2.75 bits per heavy atom. The molecule has 1 saturated heterocycles. The van der Waals surface area contributed by atoms with Gasteiger partial charge in [0.15, 0.2) is 11.9 Å². The van der Waals surface area contributed by atoms with Gasteiger partial charge in [0.1, 0.15) is 5.52 Å². The molecule has 1 aromatic heterocycles. The molecule has 1 atom stereocenters. The van der Waals surface area contributed by atoms with E-state index in [2.05, 4.69) is 27.6 Å². The predicted octanol–water partition coefficient (Wildman–Crippen LogP) is 4.66. The van der Waals surface area contributed by atoms with E-state index in [-0.39, 0.29) is 5.91 Å². The van der Waals surface area contributed by atoms with Crippen LogP contribution in [0.1, 0.15) is 32.6 Å². The summed E-state index contributed by atoms with van der Waals surface area (Å²) in [6.07, 6.45) is 5.71. The molecular weight excluding hydrogens is 439 g/mol. The smallest absolute Gasteiger partial charge is 0.263 e. The predicted molar refractivity (Wildman–Crippen MR) is 105 cm³/mol. The van der Waals surface area contributed by atoms with E-state index in [1.807, 2.05) is 30.0 Å². The number of fused-ring (bicyclic) bond motifs is 1. The second-order valence-corrected chi connectivity index (χ2v) is 7.64. The molecule has 0 saturated carbocycles. The summed E-state index contributed by atoms with van der Waals surface area (Å²) in [5.74, 6) is 0.679. The van der Waals surface area contributed by atoms with Gasteiger partial charge >= 0.3 is 0 Å². The van der Waals surface area contributed by atoms with Gasteiger partial charge in [-0.15, -0.1) is 0 Å². The maximum absolute atomic E-state index is 12.7. The van der Waals surface area contributed by atoms with Crippen molar-refractivity contribution >= 4 is 51.0 Å². The summed E-state index contributed by atoms with van der Waals surface area (Å²) in [7, 11) is 0. The molecule has 0 N–H and O–H groups in total. The lowest BCUT2D eigenvalue weighted by Gasteiger charge is -2.25. The van der Waals surface area contributed by atoms with Crippen LogP contribution in [0.2, 0.25) is 5.02 Å². The normalized spacial score (nSPS) is 16.7. The topological polar surface area (TPSA) is 42.4 Å². The second-order valence-electron chi connectivity index (χ2n) is 6.07. The van der Waals surface area contributed by atoms with E-state index in [0.29, 0.717) is 16.3 Å². The molecule has 3 rings (SSSR count). The Hall–Kier alpha value is -1.08. The van der Waals surface area contributed by atoms with Crippen molar-refractivity contribution in [3.8, 4) is 5.75 Å². The number of carbonyl (C=O) groups excluding carboxylic acids is 1. The highest BCUT2D eigenvalue weighted by molar-refractivity contribution is 14.1. The lowest BCUT2D eigenvalue weighted by molar-refractivity contribution is -0.137. The van der Waals surface area contributed by atoms with Crippen molar-refractivity contribution in [3.63, 3.8) is 0 Å². The van der Waals surface area contributed by atoms with Crippen LogP contribution in [0.4, 0.5) is 0 Å². The fourth-order valence-electron chi connectivity index (χ4n) is 3.03. The van der Waals surface area contributed by atoms with Crippen LogP contribution < -0.4 is 4.74 Å². The van der Waals surface area contributed by atoms with Crippen LogP contribution in [-0.2, 0) is 4.79 Å². The molecule has 2 heterocycles. The van der Waals surface area contributed by atoms with Gasteiger partial charge in [0.05, 0.1) is 8.59 Å². The SMILES string of the molecule is CC(Oc1c(I)cc(Cl)c2cccnc12)C(=O)N1CCCCCC1. The molecule has 0 spiro atoms. The average molecular weight is 459 g/mol. The number of rotatable bonds is 3. The number of pyridine rings is 1. The molecule has 4 nitrogen and oxygen atoms in total. The van der Waals surface area contributed by atoms with E-state index in [0.717, 1.165) is 34.9 Å². The van der Waals surface area contributed by atoms with Crippen molar-refractivity contribution in [1.29, 1.82) is 0 Å². The van der Waals surface area contributed by atoms with Gasteiger partial charge in [0.25, 0.3) is 5.91 Å².